The minimum absolute atomic E-state index is 0.109. The van der Waals surface area contributed by atoms with Crippen LogP contribution in [0.1, 0.15) is 19.9 Å². The van der Waals surface area contributed by atoms with Gasteiger partial charge in [0.1, 0.15) is 0 Å². The number of rotatable bonds is 7. The number of ether oxygens (including phenoxy) is 1. The Bertz CT molecular complexity index is 367. The van der Waals surface area contributed by atoms with Gasteiger partial charge in [-0.1, -0.05) is 0 Å². The van der Waals surface area contributed by atoms with Gasteiger partial charge in [0.15, 0.2) is 0 Å². The van der Waals surface area contributed by atoms with E-state index in [1.54, 1.807) is 19.6 Å². The molecule has 0 amide bonds. The Balaban J connectivity index is 2.60. The predicted octanol–water partition coefficient (Wildman–Crippen LogP) is 1.27. The van der Waals surface area contributed by atoms with E-state index in [9.17, 15) is 4.21 Å². The summed E-state index contributed by atoms with van der Waals surface area (Å²) in [6.07, 6.45) is 5.38. The maximum Gasteiger partial charge on any atom is 0.203 e. The SMILES string of the molecule is COCC(C)n1ccnc1NCC(C)S(C)=O. The van der Waals surface area contributed by atoms with Crippen molar-refractivity contribution in [3.05, 3.63) is 12.4 Å². The molecule has 3 unspecified atom stereocenters. The molecule has 0 saturated carbocycles. The zero-order chi connectivity index (χ0) is 12.8. The van der Waals surface area contributed by atoms with Crippen LogP contribution in [0.3, 0.4) is 0 Å². The fourth-order valence-corrected chi connectivity index (χ4v) is 1.80. The lowest BCUT2D eigenvalue weighted by molar-refractivity contribution is 0.163. The summed E-state index contributed by atoms with van der Waals surface area (Å²) in [6.45, 7) is 5.31. The molecule has 0 spiro atoms. The lowest BCUT2D eigenvalue weighted by Gasteiger charge is -2.17. The highest BCUT2D eigenvalue weighted by Crippen LogP contribution is 2.13. The topological polar surface area (TPSA) is 56.1 Å². The number of nitrogens with zero attached hydrogens (tertiary/aromatic N) is 2. The van der Waals surface area contributed by atoms with Crippen LogP contribution in [0.4, 0.5) is 5.95 Å². The lowest BCUT2D eigenvalue weighted by atomic mass is 10.3. The average molecular weight is 259 g/mol. The molecule has 1 N–H and O–H groups in total. The minimum Gasteiger partial charge on any atom is -0.383 e. The molecule has 0 aliphatic rings. The molecule has 1 aromatic rings. The van der Waals surface area contributed by atoms with Crippen molar-refractivity contribution >= 4 is 16.7 Å². The summed E-state index contributed by atoms with van der Waals surface area (Å²) in [7, 11) is 0.867. The van der Waals surface area contributed by atoms with Crippen LogP contribution in [0.5, 0.6) is 0 Å². The van der Waals surface area contributed by atoms with Crippen LogP contribution in [0.25, 0.3) is 0 Å². The van der Waals surface area contributed by atoms with Crippen molar-refractivity contribution in [2.45, 2.75) is 25.1 Å². The van der Waals surface area contributed by atoms with Crippen LogP contribution in [0, 0.1) is 0 Å². The van der Waals surface area contributed by atoms with Gasteiger partial charge in [-0.15, -0.1) is 0 Å². The van der Waals surface area contributed by atoms with E-state index in [0.29, 0.717) is 13.2 Å². The first-order valence-electron chi connectivity index (χ1n) is 5.64. The number of methoxy groups -OCH3 is 1. The van der Waals surface area contributed by atoms with Gasteiger partial charge in [0.25, 0.3) is 0 Å². The third kappa shape index (κ3) is 4.12. The number of aromatic nitrogens is 2. The molecule has 6 heteroatoms. The van der Waals surface area contributed by atoms with E-state index in [1.807, 2.05) is 17.7 Å². The Morgan fingerprint density at radius 1 is 1.59 bits per heavy atom. The van der Waals surface area contributed by atoms with E-state index in [0.717, 1.165) is 5.95 Å². The molecule has 98 valence electrons. The molecule has 1 heterocycles. The van der Waals surface area contributed by atoms with Crippen molar-refractivity contribution < 1.29 is 8.95 Å². The van der Waals surface area contributed by atoms with Crippen molar-refractivity contribution in [2.75, 3.05) is 31.8 Å². The summed E-state index contributed by atoms with van der Waals surface area (Å²) >= 11 is 0. The maximum absolute atomic E-state index is 11.2. The van der Waals surface area contributed by atoms with Gasteiger partial charge >= 0.3 is 0 Å². The maximum atomic E-state index is 11.2. The summed E-state index contributed by atoms with van der Waals surface area (Å²) < 4.78 is 18.4. The molecule has 1 aromatic heterocycles. The molecule has 17 heavy (non-hydrogen) atoms. The number of hydrogen-bond acceptors (Lipinski definition) is 4. The van der Waals surface area contributed by atoms with E-state index in [1.165, 1.54) is 0 Å². The highest BCUT2D eigenvalue weighted by atomic mass is 32.2. The molecule has 3 atom stereocenters. The second kappa shape index (κ2) is 6.76. The summed E-state index contributed by atoms with van der Waals surface area (Å²) in [5.74, 6) is 0.798. The lowest BCUT2D eigenvalue weighted by Crippen LogP contribution is -2.23. The predicted molar refractivity (Wildman–Crippen MR) is 70.8 cm³/mol. The molecule has 1 rings (SSSR count). The molecular weight excluding hydrogens is 238 g/mol. The summed E-state index contributed by atoms with van der Waals surface area (Å²) in [6, 6.07) is 0.229. The molecule has 0 aliphatic carbocycles. The quantitative estimate of drug-likeness (QED) is 0.801. The minimum atomic E-state index is -0.817. The Morgan fingerprint density at radius 3 is 2.88 bits per heavy atom. The van der Waals surface area contributed by atoms with Gasteiger partial charge in [0, 0.05) is 48.4 Å². The van der Waals surface area contributed by atoms with Gasteiger partial charge in [0.2, 0.25) is 5.95 Å². The summed E-state index contributed by atoms with van der Waals surface area (Å²) in [5.41, 5.74) is 0. The molecule has 0 radical (unpaired) electrons. The molecule has 0 fully saturated rings. The summed E-state index contributed by atoms with van der Waals surface area (Å²) in [5, 5.41) is 3.33. The second-order valence-electron chi connectivity index (χ2n) is 4.15. The first-order chi connectivity index (χ1) is 8.06. The van der Waals surface area contributed by atoms with Crippen LogP contribution >= 0.6 is 0 Å². The van der Waals surface area contributed by atoms with E-state index >= 15 is 0 Å². The number of nitrogens with one attached hydrogen (secondary N) is 1. The van der Waals surface area contributed by atoms with Crippen molar-refractivity contribution in [3.8, 4) is 0 Å². The van der Waals surface area contributed by atoms with Crippen LogP contribution in [-0.4, -0.2) is 45.5 Å². The van der Waals surface area contributed by atoms with Crippen molar-refractivity contribution in [1.82, 2.24) is 9.55 Å². The highest BCUT2D eigenvalue weighted by Gasteiger charge is 2.11. The van der Waals surface area contributed by atoms with Crippen LogP contribution in [0.15, 0.2) is 12.4 Å². The average Bonchev–Trinajstić information content (AvgIpc) is 2.74. The zero-order valence-electron chi connectivity index (χ0n) is 10.8. The number of hydrogen-bond donors (Lipinski definition) is 1. The Morgan fingerprint density at radius 2 is 2.29 bits per heavy atom. The summed E-state index contributed by atoms with van der Waals surface area (Å²) in [4.78, 5) is 4.25. The second-order valence-corrected chi connectivity index (χ2v) is 5.95. The number of imidazole rings is 1. The van der Waals surface area contributed by atoms with E-state index in [4.69, 9.17) is 4.74 Å². The van der Waals surface area contributed by atoms with Crippen molar-refractivity contribution in [3.63, 3.8) is 0 Å². The standard InChI is InChI=1S/C11H21N3O2S/c1-9(8-16-3)14-6-5-12-11(14)13-7-10(2)17(4)15/h5-6,9-10H,7-8H2,1-4H3,(H,12,13). The normalized spacial score (nSPS) is 16.5. The van der Waals surface area contributed by atoms with Gasteiger partial charge in [-0.3, -0.25) is 4.21 Å². The molecule has 0 aliphatic heterocycles. The van der Waals surface area contributed by atoms with Gasteiger partial charge in [-0.2, -0.15) is 0 Å². The molecule has 5 nitrogen and oxygen atoms in total. The molecule has 0 aromatic carbocycles. The van der Waals surface area contributed by atoms with Gasteiger partial charge in [-0.25, -0.2) is 4.98 Å². The largest absolute Gasteiger partial charge is 0.383 e. The smallest absolute Gasteiger partial charge is 0.203 e. The highest BCUT2D eigenvalue weighted by molar-refractivity contribution is 7.84. The van der Waals surface area contributed by atoms with Crippen molar-refractivity contribution in [1.29, 1.82) is 0 Å². The van der Waals surface area contributed by atoms with Crippen LogP contribution < -0.4 is 5.32 Å². The Hall–Kier alpha value is -0.880. The van der Waals surface area contributed by atoms with Gasteiger partial charge in [0.05, 0.1) is 12.6 Å². The Labute approximate surface area is 105 Å². The first kappa shape index (κ1) is 14.2. The van der Waals surface area contributed by atoms with Crippen LogP contribution in [0.2, 0.25) is 0 Å². The third-order valence-corrected chi connectivity index (χ3v) is 3.97. The fourth-order valence-electron chi connectivity index (χ4n) is 1.48. The fraction of sp³-hybridized carbons (Fsp3) is 0.727. The molecular formula is C11H21N3O2S. The van der Waals surface area contributed by atoms with Gasteiger partial charge in [-0.05, 0) is 13.8 Å². The van der Waals surface area contributed by atoms with Crippen molar-refractivity contribution in [2.24, 2.45) is 0 Å². The molecule has 0 bridgehead atoms. The zero-order valence-corrected chi connectivity index (χ0v) is 11.7. The van der Waals surface area contributed by atoms with Crippen LogP contribution in [-0.2, 0) is 15.5 Å². The first-order valence-corrected chi connectivity index (χ1v) is 7.26. The van der Waals surface area contributed by atoms with Gasteiger partial charge < -0.3 is 14.6 Å². The monoisotopic (exact) mass is 259 g/mol. The number of anilines is 1. The van der Waals surface area contributed by atoms with E-state index < -0.39 is 10.8 Å². The van der Waals surface area contributed by atoms with E-state index in [-0.39, 0.29) is 11.3 Å². The Kier molecular flexibility index (Phi) is 5.64. The molecule has 0 saturated heterocycles. The third-order valence-electron chi connectivity index (χ3n) is 2.67. The van der Waals surface area contributed by atoms with E-state index in [2.05, 4.69) is 17.2 Å².